The second-order valence-corrected chi connectivity index (χ2v) is 6.16. The zero-order valence-corrected chi connectivity index (χ0v) is 13.4. The highest BCUT2D eigenvalue weighted by atomic mass is 32.1. The van der Waals surface area contributed by atoms with Crippen molar-refractivity contribution in [2.45, 2.75) is 26.8 Å². The van der Waals surface area contributed by atoms with Crippen LogP contribution in [0.5, 0.6) is 0 Å². The third-order valence-corrected chi connectivity index (χ3v) is 4.53. The average molecular weight is 297 g/mol. The maximum Gasteiger partial charge on any atom is 0.112 e. The van der Waals surface area contributed by atoms with Crippen LogP contribution in [-0.2, 0) is 13.0 Å². The summed E-state index contributed by atoms with van der Waals surface area (Å²) in [4.78, 5) is 11.4. The van der Waals surface area contributed by atoms with E-state index in [9.17, 15) is 0 Å². The summed E-state index contributed by atoms with van der Waals surface area (Å²) >= 11 is 1.70. The first kappa shape index (κ1) is 14.0. The molecule has 0 aliphatic heterocycles. The molecule has 3 nitrogen and oxygen atoms in total. The van der Waals surface area contributed by atoms with Crippen molar-refractivity contribution in [2.75, 3.05) is 11.9 Å². The van der Waals surface area contributed by atoms with Crippen LogP contribution < -0.4 is 4.90 Å². The van der Waals surface area contributed by atoms with Gasteiger partial charge in [0.25, 0.3) is 0 Å². The summed E-state index contributed by atoms with van der Waals surface area (Å²) in [6.07, 6.45) is 2.85. The van der Waals surface area contributed by atoms with E-state index in [1.807, 2.05) is 17.6 Å². The van der Waals surface area contributed by atoms with E-state index in [4.69, 9.17) is 4.98 Å². The van der Waals surface area contributed by atoms with E-state index >= 15 is 0 Å². The van der Waals surface area contributed by atoms with E-state index in [-0.39, 0.29) is 0 Å². The van der Waals surface area contributed by atoms with Crippen LogP contribution in [0, 0.1) is 6.92 Å². The van der Waals surface area contributed by atoms with Crippen LogP contribution in [0.2, 0.25) is 0 Å². The molecule has 1 aromatic carbocycles. The molecule has 21 heavy (non-hydrogen) atoms. The van der Waals surface area contributed by atoms with E-state index in [2.05, 4.69) is 49.0 Å². The van der Waals surface area contributed by atoms with E-state index in [1.54, 1.807) is 11.3 Å². The van der Waals surface area contributed by atoms with Crippen LogP contribution in [0.4, 0.5) is 5.69 Å². The van der Waals surface area contributed by atoms with E-state index < -0.39 is 0 Å². The first-order chi connectivity index (χ1) is 10.2. The fourth-order valence-electron chi connectivity index (χ4n) is 2.83. The molecule has 0 aliphatic carbocycles. The Labute approximate surface area is 129 Å². The maximum absolute atomic E-state index is 4.75. The number of thiazole rings is 1. The summed E-state index contributed by atoms with van der Waals surface area (Å²) in [7, 11) is 2.14. The molecule has 108 valence electrons. The van der Waals surface area contributed by atoms with Crippen LogP contribution in [0.25, 0.3) is 10.9 Å². The van der Waals surface area contributed by atoms with Crippen LogP contribution in [-0.4, -0.2) is 17.0 Å². The van der Waals surface area contributed by atoms with E-state index in [1.165, 1.54) is 16.6 Å². The highest BCUT2D eigenvalue weighted by Crippen LogP contribution is 2.32. The molecule has 0 spiro atoms. The molecule has 0 unspecified atom stereocenters. The summed E-state index contributed by atoms with van der Waals surface area (Å²) in [5.74, 6) is 0. The van der Waals surface area contributed by atoms with Crippen molar-refractivity contribution >= 4 is 27.9 Å². The minimum Gasteiger partial charge on any atom is -0.367 e. The number of aromatic nitrogens is 2. The maximum atomic E-state index is 4.75. The minimum atomic E-state index is 0.831. The van der Waals surface area contributed by atoms with Gasteiger partial charge >= 0.3 is 0 Å². The van der Waals surface area contributed by atoms with Crippen LogP contribution >= 0.6 is 11.3 Å². The number of fused-ring (bicyclic) bond motifs is 1. The number of pyridine rings is 1. The zero-order valence-electron chi connectivity index (χ0n) is 12.6. The largest absolute Gasteiger partial charge is 0.367 e. The summed E-state index contributed by atoms with van der Waals surface area (Å²) in [6.45, 7) is 5.13. The Kier molecular flexibility index (Phi) is 3.88. The summed E-state index contributed by atoms with van der Waals surface area (Å²) in [6, 6.07) is 8.38. The van der Waals surface area contributed by atoms with Crippen molar-refractivity contribution in [1.29, 1.82) is 0 Å². The minimum absolute atomic E-state index is 0.831. The van der Waals surface area contributed by atoms with Crippen molar-refractivity contribution in [3.05, 3.63) is 52.1 Å². The molecule has 0 saturated heterocycles. The van der Waals surface area contributed by atoms with Gasteiger partial charge in [0.15, 0.2) is 0 Å². The lowest BCUT2D eigenvalue weighted by molar-refractivity contribution is 0.896. The van der Waals surface area contributed by atoms with Crippen LogP contribution in [0.3, 0.4) is 0 Å². The molecule has 2 heterocycles. The molecule has 0 N–H and O–H groups in total. The normalized spacial score (nSPS) is 11.0. The predicted octanol–water partition coefficient (Wildman–Crippen LogP) is 4.20. The summed E-state index contributed by atoms with van der Waals surface area (Å²) in [5.41, 5.74) is 4.80. The monoisotopic (exact) mass is 297 g/mol. The number of para-hydroxylation sites is 1. The topological polar surface area (TPSA) is 29.0 Å². The van der Waals surface area contributed by atoms with Crippen molar-refractivity contribution in [2.24, 2.45) is 0 Å². The Morgan fingerprint density at radius 2 is 2.05 bits per heavy atom. The number of anilines is 1. The van der Waals surface area contributed by atoms with E-state index in [0.717, 1.165) is 29.2 Å². The molecular weight excluding hydrogens is 278 g/mol. The van der Waals surface area contributed by atoms with Gasteiger partial charge in [-0.05, 0) is 25.0 Å². The number of rotatable bonds is 4. The van der Waals surface area contributed by atoms with Gasteiger partial charge in [-0.15, -0.1) is 11.3 Å². The Hall–Kier alpha value is -1.94. The summed E-state index contributed by atoms with van der Waals surface area (Å²) < 4.78 is 0. The van der Waals surface area contributed by atoms with Gasteiger partial charge in [-0.3, -0.25) is 4.98 Å². The number of hydrogen-bond donors (Lipinski definition) is 0. The van der Waals surface area contributed by atoms with Crippen molar-refractivity contribution < 1.29 is 0 Å². The van der Waals surface area contributed by atoms with E-state index in [0.29, 0.717) is 0 Å². The molecule has 0 amide bonds. The van der Waals surface area contributed by atoms with Gasteiger partial charge < -0.3 is 4.90 Å². The molecule has 4 heteroatoms. The fraction of sp³-hybridized carbons (Fsp3) is 0.294. The molecule has 3 rings (SSSR count). The van der Waals surface area contributed by atoms with Gasteiger partial charge in [0.2, 0.25) is 0 Å². The zero-order chi connectivity index (χ0) is 14.8. The van der Waals surface area contributed by atoms with Gasteiger partial charge in [-0.2, -0.15) is 0 Å². The molecule has 2 aromatic heterocycles. The Balaban J connectivity index is 2.14. The predicted molar refractivity (Wildman–Crippen MR) is 90.1 cm³/mol. The van der Waals surface area contributed by atoms with Crippen molar-refractivity contribution in [3.8, 4) is 0 Å². The van der Waals surface area contributed by atoms with Crippen LogP contribution in [0.15, 0.2) is 35.8 Å². The molecular formula is C17H19N3S. The summed E-state index contributed by atoms with van der Waals surface area (Å²) in [5, 5.41) is 4.39. The number of benzene rings is 1. The highest BCUT2D eigenvalue weighted by Gasteiger charge is 2.15. The SMILES string of the molecule is CCc1c(C)nc2ccccc2c1N(C)Cc1nccs1. The quantitative estimate of drug-likeness (QED) is 0.722. The Morgan fingerprint density at radius 1 is 1.24 bits per heavy atom. The van der Waals surface area contributed by atoms with Crippen molar-refractivity contribution in [3.63, 3.8) is 0 Å². The fourth-order valence-corrected chi connectivity index (χ4v) is 3.49. The number of nitrogens with zero attached hydrogens (tertiary/aromatic N) is 3. The molecule has 0 saturated carbocycles. The lowest BCUT2D eigenvalue weighted by Crippen LogP contribution is -2.19. The molecule has 0 fully saturated rings. The standard InChI is InChI=1S/C17H19N3S/c1-4-13-12(2)19-15-8-6-5-7-14(15)17(13)20(3)11-16-18-9-10-21-16/h5-10H,4,11H2,1-3H3. The first-order valence-corrected chi connectivity index (χ1v) is 8.06. The molecule has 3 aromatic rings. The number of hydrogen-bond acceptors (Lipinski definition) is 4. The van der Waals surface area contributed by atoms with Gasteiger partial charge in [0, 0.05) is 29.7 Å². The molecule has 0 radical (unpaired) electrons. The lowest BCUT2D eigenvalue weighted by atomic mass is 10.0. The second kappa shape index (κ2) is 5.82. The number of aryl methyl sites for hydroxylation is 1. The van der Waals surface area contributed by atoms with Gasteiger partial charge in [0.05, 0.1) is 17.7 Å². The highest BCUT2D eigenvalue weighted by molar-refractivity contribution is 7.09. The molecule has 0 aliphatic rings. The van der Waals surface area contributed by atoms with Gasteiger partial charge in [-0.25, -0.2) is 4.98 Å². The third kappa shape index (κ3) is 2.63. The third-order valence-electron chi connectivity index (χ3n) is 3.76. The Morgan fingerprint density at radius 3 is 2.76 bits per heavy atom. The average Bonchev–Trinajstić information content (AvgIpc) is 2.98. The Bertz CT molecular complexity index is 750. The molecule has 0 bridgehead atoms. The lowest BCUT2D eigenvalue weighted by Gasteiger charge is -2.24. The smallest absolute Gasteiger partial charge is 0.112 e. The van der Waals surface area contributed by atoms with Crippen molar-refractivity contribution in [1.82, 2.24) is 9.97 Å². The second-order valence-electron chi connectivity index (χ2n) is 5.18. The first-order valence-electron chi connectivity index (χ1n) is 7.18. The van der Waals surface area contributed by atoms with Gasteiger partial charge in [-0.1, -0.05) is 25.1 Å². The van der Waals surface area contributed by atoms with Gasteiger partial charge in [0.1, 0.15) is 5.01 Å². The van der Waals surface area contributed by atoms with Crippen LogP contribution in [0.1, 0.15) is 23.2 Å². The molecule has 0 atom stereocenters.